The molecule has 2 heteroatoms. The third-order valence-corrected chi connectivity index (χ3v) is 12.4. The van der Waals surface area contributed by atoms with Crippen LogP contribution in [0.3, 0.4) is 0 Å². The van der Waals surface area contributed by atoms with Crippen LogP contribution in [0.2, 0.25) is 14.3 Å². The molecule has 0 saturated carbocycles. The van der Waals surface area contributed by atoms with Gasteiger partial charge in [-0.05, 0) is 5.41 Å². The standard InChI is InChI=1S/C12H25.C4H9.C2H5.2Al/c1-6-11(7-2)12(8-3,9-4)10-5;1-3-4-2;1-2;;/h6-10H2,1-5H3;3H,4H2,1-2H3;1H2,2H3;;. The van der Waals surface area contributed by atoms with Crippen molar-refractivity contribution >= 4 is 31.5 Å². The Hall–Kier alpha value is 1.06. The fourth-order valence-electron chi connectivity index (χ4n) is 5.35. The van der Waals surface area contributed by atoms with E-state index in [2.05, 4.69) is 55.4 Å². The van der Waals surface area contributed by atoms with Crippen LogP contribution in [-0.4, -0.2) is 31.5 Å². The third-order valence-electron chi connectivity index (χ3n) is 6.83. The molecule has 0 heterocycles. The quantitative estimate of drug-likeness (QED) is 0.394. The summed E-state index contributed by atoms with van der Waals surface area (Å²) in [6.07, 6.45) is 8.34. The lowest BCUT2D eigenvalue weighted by Crippen LogP contribution is -2.47. The van der Waals surface area contributed by atoms with Gasteiger partial charge in [0, 0.05) is 17.4 Å². The van der Waals surface area contributed by atoms with E-state index in [4.69, 9.17) is 0 Å². The lowest BCUT2D eigenvalue weighted by molar-refractivity contribution is 0.134. The lowest BCUT2D eigenvalue weighted by atomic mass is 9.66. The Balaban J connectivity index is 0. The van der Waals surface area contributed by atoms with Gasteiger partial charge in [-0.2, -0.15) is 0 Å². The van der Waals surface area contributed by atoms with Crippen LogP contribution < -0.4 is 0 Å². The Morgan fingerprint density at radius 1 is 0.750 bits per heavy atom. The van der Waals surface area contributed by atoms with Gasteiger partial charge >= 0.3 is 0 Å². The van der Waals surface area contributed by atoms with E-state index in [1.54, 1.807) is 0 Å². The first-order valence-corrected chi connectivity index (χ1v) is 11.0. The maximum atomic E-state index is 2.55. The molecule has 0 bridgehead atoms. The first-order chi connectivity index (χ1) is 8.98. The molecule has 0 spiro atoms. The summed E-state index contributed by atoms with van der Waals surface area (Å²) in [4.78, 5) is 0. The van der Waals surface area contributed by atoms with E-state index in [0.717, 1.165) is 4.78 Å². The normalized spacial score (nSPS) is 13.8. The fraction of sp³-hybridized carbons (Fsp3) is 1.00. The average Bonchev–Trinajstić information content (AvgIpc) is 2.47. The van der Waals surface area contributed by atoms with Crippen molar-refractivity contribution in [1.29, 1.82) is 0 Å². The highest BCUT2D eigenvalue weighted by molar-refractivity contribution is 6.64. The molecule has 1 unspecified atom stereocenters. The Morgan fingerprint density at radius 2 is 1.15 bits per heavy atom. The largest absolute Gasteiger partial charge is 0.273 e. The van der Waals surface area contributed by atoms with E-state index < -0.39 is 14.1 Å². The summed E-state index contributed by atoms with van der Waals surface area (Å²) in [5.74, 6) is 0. The van der Waals surface area contributed by atoms with Crippen molar-refractivity contribution in [1.82, 2.24) is 0 Å². The predicted molar refractivity (Wildman–Crippen MR) is 98.3 cm³/mol. The van der Waals surface area contributed by atoms with Crippen molar-refractivity contribution in [3.05, 3.63) is 0 Å². The van der Waals surface area contributed by atoms with Crippen molar-refractivity contribution in [3.8, 4) is 0 Å². The Labute approximate surface area is 145 Å². The Kier molecular flexibility index (Phi) is 12.5. The van der Waals surface area contributed by atoms with Gasteiger partial charge in [0.15, 0.2) is 0 Å². The molecule has 0 N–H and O–H groups in total. The highest BCUT2D eigenvalue weighted by atomic mass is 27.2. The zero-order valence-electron chi connectivity index (χ0n) is 15.7. The Morgan fingerprint density at radius 3 is 1.35 bits per heavy atom. The molecule has 0 nitrogen and oxygen atoms in total. The van der Waals surface area contributed by atoms with E-state index in [0.29, 0.717) is 9.69 Å². The van der Waals surface area contributed by atoms with E-state index in [9.17, 15) is 0 Å². The van der Waals surface area contributed by atoms with E-state index in [1.807, 2.05) is 0 Å². The van der Waals surface area contributed by atoms with Gasteiger partial charge in [-0.25, -0.2) is 0 Å². The maximum absolute atomic E-state index is 2.55. The van der Waals surface area contributed by atoms with E-state index in [-0.39, 0.29) is 17.4 Å². The number of hydrogen-bond donors (Lipinski definition) is 0. The van der Waals surface area contributed by atoms with Gasteiger partial charge in [0.2, 0.25) is 0 Å². The minimum Gasteiger partial charge on any atom is -0.0962 e. The molecular weight excluding hydrogens is 270 g/mol. The second kappa shape index (κ2) is 10.7. The zero-order valence-corrected chi connectivity index (χ0v) is 18.0. The summed E-state index contributed by atoms with van der Waals surface area (Å²) in [5.41, 5.74) is 0.604. The van der Waals surface area contributed by atoms with Gasteiger partial charge in [-0.15, -0.1) is 0 Å². The van der Waals surface area contributed by atoms with Crippen molar-refractivity contribution in [3.63, 3.8) is 0 Å². The molecule has 0 aliphatic carbocycles. The van der Waals surface area contributed by atoms with E-state index >= 15 is 0 Å². The summed E-state index contributed by atoms with van der Waals surface area (Å²) in [6.45, 7) is 19.7. The first kappa shape index (κ1) is 23.3. The van der Waals surface area contributed by atoms with Crippen LogP contribution in [0, 0.1) is 5.41 Å². The molecule has 0 aromatic carbocycles. The van der Waals surface area contributed by atoms with Gasteiger partial charge in [0.05, 0.1) is 0 Å². The minimum atomic E-state index is -0.736. The van der Waals surface area contributed by atoms with Crippen LogP contribution in [0.1, 0.15) is 93.9 Å². The van der Waals surface area contributed by atoms with Gasteiger partial charge < -0.3 is 0 Å². The summed E-state index contributed by atoms with van der Waals surface area (Å²) < 4.78 is 1.67. The van der Waals surface area contributed by atoms with Crippen LogP contribution in [0.15, 0.2) is 0 Å². The van der Waals surface area contributed by atoms with Crippen LogP contribution >= 0.6 is 0 Å². The fourth-order valence-corrected chi connectivity index (χ4v) is 11.0. The van der Waals surface area contributed by atoms with Gasteiger partial charge in [-0.1, -0.05) is 108 Å². The second-order valence-electron chi connectivity index (χ2n) is 6.60. The highest BCUT2D eigenvalue weighted by Crippen LogP contribution is 2.62. The van der Waals surface area contributed by atoms with Gasteiger partial charge in [0.1, 0.15) is 0 Å². The molecule has 3 radical (unpaired) electrons. The minimum absolute atomic E-state index is 0. The number of rotatable bonds is 10. The summed E-state index contributed by atoms with van der Waals surface area (Å²) in [6, 6.07) is 0. The van der Waals surface area contributed by atoms with Crippen molar-refractivity contribution in [2.24, 2.45) is 5.41 Å². The van der Waals surface area contributed by atoms with Crippen LogP contribution in [0.25, 0.3) is 0 Å². The van der Waals surface area contributed by atoms with Crippen molar-refractivity contribution in [2.45, 2.75) is 108 Å². The zero-order chi connectivity index (χ0) is 15.1. The van der Waals surface area contributed by atoms with Gasteiger partial charge in [-0.3, -0.25) is 0 Å². The van der Waals surface area contributed by atoms with Crippen LogP contribution in [-0.2, 0) is 0 Å². The molecule has 0 aromatic heterocycles. The molecule has 0 aromatic rings. The smallest absolute Gasteiger partial charge is 0.0962 e. The Bertz CT molecular complexity index is 221. The summed E-state index contributed by atoms with van der Waals surface area (Å²) in [5, 5.41) is 1.48. The lowest BCUT2D eigenvalue weighted by Gasteiger charge is -2.54. The molecule has 1 atom stereocenters. The van der Waals surface area contributed by atoms with E-state index in [1.165, 1.54) is 43.8 Å². The van der Waals surface area contributed by atoms with Gasteiger partial charge in [0.25, 0.3) is 14.1 Å². The SMILES string of the molecule is CC[CH](C)[Al]([CH2]C)[C](CC)(CC)C(CC)(CC)CC.[Al]. The summed E-state index contributed by atoms with van der Waals surface area (Å²) >= 11 is -0.736. The van der Waals surface area contributed by atoms with Crippen LogP contribution in [0.4, 0.5) is 0 Å². The predicted octanol–water partition coefficient (Wildman–Crippen LogP) is 6.70. The third kappa shape index (κ3) is 4.08. The molecule has 0 fully saturated rings. The molecule has 0 saturated heterocycles. The molecule has 117 valence electrons. The average molecular weight is 309 g/mol. The molecule has 20 heavy (non-hydrogen) atoms. The number of hydrogen-bond acceptors (Lipinski definition) is 0. The first-order valence-electron chi connectivity index (χ1n) is 8.98. The molecule has 0 rings (SSSR count). The highest BCUT2D eigenvalue weighted by Gasteiger charge is 2.52. The second-order valence-corrected chi connectivity index (χ2v) is 10.9. The van der Waals surface area contributed by atoms with Crippen molar-refractivity contribution in [2.75, 3.05) is 0 Å². The molecule has 0 amide bonds. The maximum Gasteiger partial charge on any atom is 0.273 e. The molecule has 0 aliphatic heterocycles. The molecular formula is C18H39Al2. The summed E-state index contributed by atoms with van der Waals surface area (Å²) in [7, 11) is 0. The monoisotopic (exact) mass is 309 g/mol. The molecule has 0 aliphatic rings. The topological polar surface area (TPSA) is 0 Å². The van der Waals surface area contributed by atoms with Crippen LogP contribution in [0.5, 0.6) is 0 Å². The van der Waals surface area contributed by atoms with Crippen molar-refractivity contribution < 1.29 is 0 Å².